The quantitative estimate of drug-likeness (QED) is 0.691. The summed E-state index contributed by atoms with van der Waals surface area (Å²) in [6, 6.07) is 0. The number of rotatable bonds is 5. The molecule has 1 atom stereocenters. The normalized spacial score (nSPS) is 13.8. The summed E-state index contributed by atoms with van der Waals surface area (Å²) < 4.78 is 5.23. The van der Waals surface area contributed by atoms with Crippen molar-refractivity contribution in [2.75, 3.05) is 6.61 Å². The van der Waals surface area contributed by atoms with E-state index in [1.165, 1.54) is 0 Å². The van der Waals surface area contributed by atoms with Crippen molar-refractivity contribution >= 4 is 5.97 Å². The summed E-state index contributed by atoms with van der Waals surface area (Å²) in [7, 11) is 0. The Morgan fingerprint density at radius 3 is 2.08 bits per heavy atom. The Morgan fingerprint density at radius 1 is 1.33 bits per heavy atom. The second kappa shape index (κ2) is 5.14. The van der Waals surface area contributed by atoms with Crippen molar-refractivity contribution in [1.82, 2.24) is 0 Å². The Bertz CT molecular complexity index is 141. The van der Waals surface area contributed by atoms with Crippen molar-refractivity contribution in [3.8, 4) is 0 Å². The highest BCUT2D eigenvalue weighted by molar-refractivity contribution is 5.72. The first-order valence-corrected chi connectivity index (χ1v) is 4.29. The van der Waals surface area contributed by atoms with Crippen molar-refractivity contribution in [1.29, 1.82) is 0 Å². The van der Waals surface area contributed by atoms with Gasteiger partial charge >= 0.3 is 5.97 Å². The lowest BCUT2D eigenvalue weighted by molar-refractivity contribution is -0.154. The maximum atomic E-state index is 10.6. The van der Waals surface area contributed by atoms with Gasteiger partial charge in [0.1, 0.15) is 0 Å². The van der Waals surface area contributed by atoms with Crippen LogP contribution in [0.5, 0.6) is 0 Å². The number of hydrogen-bond acceptors (Lipinski definition) is 2. The molecule has 0 heterocycles. The molecule has 0 aromatic rings. The first kappa shape index (κ1) is 11.4. The molecule has 3 heteroatoms. The summed E-state index contributed by atoms with van der Waals surface area (Å²) in [6.07, 6.45) is -0.660. The third-order valence-corrected chi connectivity index (χ3v) is 1.46. The average Bonchev–Trinajstić information content (AvgIpc) is 1.84. The minimum Gasteiger partial charge on any atom is -0.479 e. The molecule has 0 aliphatic heterocycles. The van der Waals surface area contributed by atoms with Crippen LogP contribution in [-0.4, -0.2) is 23.8 Å². The molecule has 0 rings (SSSR count). The number of hydrogen-bond donors (Lipinski definition) is 1. The molecule has 0 spiro atoms. The van der Waals surface area contributed by atoms with E-state index in [2.05, 4.69) is 0 Å². The van der Waals surface area contributed by atoms with Crippen molar-refractivity contribution < 1.29 is 14.6 Å². The lowest BCUT2D eigenvalue weighted by Gasteiger charge is -2.18. The number of carboxylic acid groups (broad SMARTS) is 1. The van der Waals surface area contributed by atoms with Gasteiger partial charge in [-0.25, -0.2) is 4.79 Å². The van der Waals surface area contributed by atoms with Gasteiger partial charge in [0.25, 0.3) is 0 Å². The van der Waals surface area contributed by atoms with Gasteiger partial charge in [0, 0.05) is 0 Å². The molecule has 1 unspecified atom stereocenters. The minimum atomic E-state index is -0.870. The molecular formula is C9H18O3. The Morgan fingerprint density at radius 2 is 1.83 bits per heavy atom. The second-order valence-corrected chi connectivity index (χ2v) is 3.73. The lowest BCUT2D eigenvalue weighted by Crippen LogP contribution is -2.30. The van der Waals surface area contributed by atoms with E-state index in [-0.39, 0.29) is 5.92 Å². The Balaban J connectivity index is 3.88. The van der Waals surface area contributed by atoms with Crippen LogP contribution in [0.15, 0.2) is 0 Å². The molecule has 0 amide bonds. The molecule has 0 saturated heterocycles. The Labute approximate surface area is 73.7 Å². The van der Waals surface area contributed by atoms with E-state index >= 15 is 0 Å². The van der Waals surface area contributed by atoms with Crippen LogP contribution in [0.25, 0.3) is 0 Å². The Kier molecular flexibility index (Phi) is 4.90. The van der Waals surface area contributed by atoms with Crippen LogP contribution in [0.2, 0.25) is 0 Å². The van der Waals surface area contributed by atoms with Gasteiger partial charge in [0.2, 0.25) is 0 Å². The van der Waals surface area contributed by atoms with Crippen LogP contribution < -0.4 is 0 Å². The van der Waals surface area contributed by atoms with Crippen molar-refractivity contribution in [2.45, 2.75) is 33.8 Å². The van der Waals surface area contributed by atoms with Crippen molar-refractivity contribution in [3.05, 3.63) is 0 Å². The number of carbonyl (C=O) groups is 1. The van der Waals surface area contributed by atoms with Gasteiger partial charge in [0.15, 0.2) is 6.10 Å². The zero-order chi connectivity index (χ0) is 9.72. The predicted octanol–water partition coefficient (Wildman–Crippen LogP) is 1.77. The summed E-state index contributed by atoms with van der Waals surface area (Å²) in [4.78, 5) is 10.6. The lowest BCUT2D eigenvalue weighted by atomic mass is 10.1. The van der Waals surface area contributed by atoms with Crippen LogP contribution in [0.1, 0.15) is 27.7 Å². The van der Waals surface area contributed by atoms with Gasteiger partial charge in [-0.2, -0.15) is 0 Å². The van der Waals surface area contributed by atoms with Gasteiger partial charge in [-0.05, 0) is 11.8 Å². The van der Waals surface area contributed by atoms with E-state index in [0.717, 1.165) is 0 Å². The van der Waals surface area contributed by atoms with Crippen molar-refractivity contribution in [3.63, 3.8) is 0 Å². The molecule has 0 aromatic carbocycles. The van der Waals surface area contributed by atoms with Crippen LogP contribution in [0.3, 0.4) is 0 Å². The molecule has 0 aliphatic rings. The highest BCUT2D eigenvalue weighted by atomic mass is 16.5. The third-order valence-electron chi connectivity index (χ3n) is 1.46. The van der Waals surface area contributed by atoms with Crippen LogP contribution in [-0.2, 0) is 9.53 Å². The largest absolute Gasteiger partial charge is 0.479 e. The number of ether oxygens (including phenoxy) is 1. The van der Waals surface area contributed by atoms with Gasteiger partial charge in [0.05, 0.1) is 6.61 Å². The van der Waals surface area contributed by atoms with Crippen LogP contribution in [0.4, 0.5) is 0 Å². The molecule has 0 bridgehead atoms. The second-order valence-electron chi connectivity index (χ2n) is 3.73. The molecular weight excluding hydrogens is 156 g/mol. The standard InChI is InChI=1S/C9H18O3/c1-6(2)5-12-8(7(3)4)9(10)11/h6-8H,5H2,1-4H3,(H,10,11). The SMILES string of the molecule is CC(C)COC(C(=O)O)C(C)C. The molecule has 0 fully saturated rings. The first-order chi connectivity index (χ1) is 5.45. The summed E-state index contributed by atoms with van der Waals surface area (Å²) in [6.45, 7) is 8.20. The number of aliphatic carboxylic acids is 1. The third kappa shape index (κ3) is 4.34. The summed E-state index contributed by atoms with van der Waals surface area (Å²) in [5.74, 6) is -0.461. The molecule has 0 radical (unpaired) electrons. The zero-order valence-corrected chi connectivity index (χ0v) is 8.20. The van der Waals surface area contributed by atoms with Crippen LogP contribution in [0, 0.1) is 11.8 Å². The highest BCUT2D eigenvalue weighted by Gasteiger charge is 2.21. The van der Waals surface area contributed by atoms with Gasteiger partial charge in [-0.1, -0.05) is 27.7 Å². The molecule has 0 aliphatic carbocycles. The Hall–Kier alpha value is -0.570. The molecule has 0 aromatic heterocycles. The summed E-state index contributed by atoms with van der Waals surface area (Å²) in [5.41, 5.74) is 0. The minimum absolute atomic E-state index is 0.0289. The van der Waals surface area contributed by atoms with E-state index in [0.29, 0.717) is 12.5 Å². The monoisotopic (exact) mass is 174 g/mol. The van der Waals surface area contributed by atoms with E-state index in [1.807, 2.05) is 27.7 Å². The summed E-state index contributed by atoms with van der Waals surface area (Å²) in [5, 5.41) is 8.73. The highest BCUT2D eigenvalue weighted by Crippen LogP contribution is 2.08. The van der Waals surface area contributed by atoms with Gasteiger partial charge in [-0.15, -0.1) is 0 Å². The number of carboxylic acids is 1. The van der Waals surface area contributed by atoms with E-state index in [4.69, 9.17) is 9.84 Å². The molecule has 3 nitrogen and oxygen atoms in total. The van der Waals surface area contributed by atoms with Gasteiger partial charge < -0.3 is 9.84 Å². The van der Waals surface area contributed by atoms with E-state index in [1.54, 1.807) is 0 Å². The van der Waals surface area contributed by atoms with Crippen molar-refractivity contribution in [2.24, 2.45) is 11.8 Å². The maximum Gasteiger partial charge on any atom is 0.333 e. The molecule has 72 valence electrons. The van der Waals surface area contributed by atoms with Crippen LogP contribution >= 0.6 is 0 Å². The molecule has 12 heavy (non-hydrogen) atoms. The first-order valence-electron chi connectivity index (χ1n) is 4.29. The molecule has 0 saturated carbocycles. The predicted molar refractivity (Wildman–Crippen MR) is 47.1 cm³/mol. The van der Waals surface area contributed by atoms with Gasteiger partial charge in [-0.3, -0.25) is 0 Å². The average molecular weight is 174 g/mol. The van der Waals surface area contributed by atoms with E-state index in [9.17, 15) is 4.79 Å². The fourth-order valence-electron chi connectivity index (χ4n) is 0.845. The fraction of sp³-hybridized carbons (Fsp3) is 0.889. The smallest absolute Gasteiger partial charge is 0.333 e. The topological polar surface area (TPSA) is 46.5 Å². The fourth-order valence-corrected chi connectivity index (χ4v) is 0.845. The maximum absolute atomic E-state index is 10.6. The van der Waals surface area contributed by atoms with E-state index < -0.39 is 12.1 Å². The summed E-state index contributed by atoms with van der Waals surface area (Å²) >= 11 is 0. The molecule has 1 N–H and O–H groups in total. The zero-order valence-electron chi connectivity index (χ0n) is 8.20.